The van der Waals surface area contributed by atoms with Crippen LogP contribution in [0.5, 0.6) is 5.75 Å². The minimum atomic E-state index is 0. The highest BCUT2D eigenvalue weighted by Gasteiger charge is 2.33. The van der Waals surface area contributed by atoms with Crippen LogP contribution in [0.25, 0.3) is 0 Å². The molecule has 0 bridgehead atoms. The van der Waals surface area contributed by atoms with Gasteiger partial charge in [0.1, 0.15) is 5.75 Å². The third-order valence-corrected chi connectivity index (χ3v) is 6.46. The smallest absolute Gasteiger partial charge is 0.133 e. The van der Waals surface area contributed by atoms with Crippen LogP contribution in [0.1, 0.15) is 43.7 Å². The maximum absolute atomic E-state index is 10.7. The van der Waals surface area contributed by atoms with Crippen LogP contribution in [0.4, 0.5) is 0 Å². The average Bonchev–Trinajstić information content (AvgIpc) is 2.54. The average molecular weight is 599 g/mol. The highest BCUT2D eigenvalue weighted by Crippen LogP contribution is 2.43. The molecule has 1 saturated heterocycles. The number of phenols is 1. The number of phenolic OH excluding ortho intramolecular Hbond substituents is 1. The van der Waals surface area contributed by atoms with Crippen molar-refractivity contribution in [1.82, 2.24) is 10.2 Å². The van der Waals surface area contributed by atoms with Crippen molar-refractivity contribution in [3.05, 3.63) is 24.8 Å². The van der Waals surface area contributed by atoms with Gasteiger partial charge in [0.15, 0.2) is 0 Å². The van der Waals surface area contributed by atoms with Crippen LogP contribution in [0, 0.1) is 13.1 Å². The molecule has 2 aliphatic rings. The first kappa shape index (κ1) is 23.0. The lowest BCUT2D eigenvalue weighted by molar-refractivity contribution is 0.101. The Balaban J connectivity index is 0.00000144. The van der Waals surface area contributed by atoms with Crippen molar-refractivity contribution in [2.45, 2.75) is 38.1 Å². The molecule has 1 atom stereocenters. The summed E-state index contributed by atoms with van der Waals surface area (Å²) < 4.78 is 2.21. The summed E-state index contributed by atoms with van der Waals surface area (Å²) in [6.45, 7) is 4.29. The van der Waals surface area contributed by atoms with Crippen LogP contribution < -0.4 is 5.32 Å². The number of hydrogen-bond donors (Lipinski definition) is 2. The van der Waals surface area contributed by atoms with Crippen LogP contribution in [-0.4, -0.2) is 36.2 Å². The van der Waals surface area contributed by atoms with Gasteiger partial charge in [-0.15, -0.1) is 24.8 Å². The molecule has 0 radical (unpaired) electrons. The van der Waals surface area contributed by atoms with E-state index < -0.39 is 0 Å². The number of hydrogen-bond acceptors (Lipinski definition) is 3. The van der Waals surface area contributed by atoms with Gasteiger partial charge in [0.2, 0.25) is 0 Å². The van der Waals surface area contributed by atoms with E-state index in [4.69, 9.17) is 0 Å². The van der Waals surface area contributed by atoms with E-state index in [1.54, 1.807) is 0 Å². The first-order valence-corrected chi connectivity index (χ1v) is 10.5. The number of benzene rings is 1. The molecule has 2 fully saturated rings. The molecule has 1 saturated carbocycles. The van der Waals surface area contributed by atoms with Crippen LogP contribution in [0.3, 0.4) is 0 Å². The van der Waals surface area contributed by atoms with Crippen molar-refractivity contribution in [3.8, 4) is 5.75 Å². The molecule has 1 aromatic rings. The zero-order valence-electron chi connectivity index (χ0n) is 13.6. The van der Waals surface area contributed by atoms with E-state index in [1.807, 2.05) is 0 Å². The zero-order valence-corrected chi connectivity index (χ0v) is 19.6. The molecular formula is C17H26Cl2I2N2O. The van der Waals surface area contributed by atoms with E-state index in [2.05, 4.69) is 67.5 Å². The summed E-state index contributed by atoms with van der Waals surface area (Å²) in [6, 6.07) is 4.65. The first-order chi connectivity index (χ1) is 10.7. The fraction of sp³-hybridized carbons (Fsp3) is 0.647. The second kappa shape index (κ2) is 11.0. The Bertz CT molecular complexity index is 504. The van der Waals surface area contributed by atoms with Gasteiger partial charge in [-0.3, -0.25) is 4.90 Å². The summed E-state index contributed by atoms with van der Waals surface area (Å²) >= 11 is 4.64. The largest absolute Gasteiger partial charge is 0.506 e. The molecule has 24 heavy (non-hydrogen) atoms. The molecule has 0 amide bonds. The summed E-state index contributed by atoms with van der Waals surface area (Å²) in [7, 11) is 0. The van der Waals surface area contributed by atoms with Gasteiger partial charge in [0, 0.05) is 41.4 Å². The number of piperazine rings is 1. The van der Waals surface area contributed by atoms with Gasteiger partial charge in [-0.1, -0.05) is 19.3 Å². The summed E-state index contributed by atoms with van der Waals surface area (Å²) in [6.07, 6.45) is 6.66. The van der Waals surface area contributed by atoms with Gasteiger partial charge in [-0.05, 0) is 76.1 Å². The van der Waals surface area contributed by atoms with E-state index in [-0.39, 0.29) is 24.8 Å². The molecule has 3 nitrogen and oxygen atoms in total. The van der Waals surface area contributed by atoms with E-state index in [1.165, 1.54) is 35.7 Å². The van der Waals surface area contributed by atoms with Crippen LogP contribution >= 0.6 is 70.0 Å². The van der Waals surface area contributed by atoms with Crippen molar-refractivity contribution >= 4 is 70.0 Å². The molecule has 1 aliphatic heterocycles. The van der Waals surface area contributed by atoms with Gasteiger partial charge in [-0.25, -0.2) is 0 Å². The zero-order chi connectivity index (χ0) is 15.5. The van der Waals surface area contributed by atoms with Gasteiger partial charge >= 0.3 is 0 Å². The third-order valence-electron chi connectivity index (χ3n) is 5.02. The lowest BCUT2D eigenvalue weighted by Gasteiger charge is -2.41. The quantitative estimate of drug-likeness (QED) is 0.483. The monoisotopic (exact) mass is 598 g/mol. The maximum Gasteiger partial charge on any atom is 0.133 e. The van der Waals surface area contributed by atoms with Crippen LogP contribution in [-0.2, 0) is 0 Å². The lowest BCUT2D eigenvalue weighted by atomic mass is 9.80. The Labute approximate surface area is 184 Å². The van der Waals surface area contributed by atoms with Gasteiger partial charge in [0.25, 0.3) is 0 Å². The number of halogens is 4. The number of nitrogens with one attached hydrogen (secondary N) is 1. The first-order valence-electron chi connectivity index (χ1n) is 8.29. The van der Waals surface area contributed by atoms with Crippen molar-refractivity contribution in [2.75, 3.05) is 26.2 Å². The second-order valence-corrected chi connectivity index (χ2v) is 8.86. The Morgan fingerprint density at radius 3 is 2.29 bits per heavy atom. The number of rotatable bonds is 3. The normalized spacial score (nSPS) is 20.8. The predicted molar refractivity (Wildman–Crippen MR) is 122 cm³/mol. The summed E-state index contributed by atoms with van der Waals surface area (Å²) in [5.41, 5.74) is 1.16. The molecule has 138 valence electrons. The van der Waals surface area contributed by atoms with Crippen molar-refractivity contribution in [3.63, 3.8) is 0 Å². The fourth-order valence-electron chi connectivity index (χ4n) is 3.97. The minimum Gasteiger partial charge on any atom is -0.506 e. The SMILES string of the molecule is Cl.Cl.Oc1c(I)cc(I)cc1[C@H](C1CCCCC1)N1CCNCC1. The summed E-state index contributed by atoms with van der Waals surface area (Å²) in [5, 5.41) is 14.2. The molecule has 0 aromatic heterocycles. The minimum absolute atomic E-state index is 0. The van der Waals surface area contributed by atoms with Crippen molar-refractivity contribution in [2.24, 2.45) is 5.92 Å². The standard InChI is InChI=1S/C17H24I2N2O.2ClH/c18-13-10-14(17(22)15(19)11-13)16(12-4-2-1-3-5-12)21-8-6-20-7-9-21;;/h10-12,16,20,22H,1-9H2;2*1H/t16-;;/m0../s1. The molecule has 7 heteroatoms. The summed E-state index contributed by atoms with van der Waals surface area (Å²) in [4.78, 5) is 2.60. The second-order valence-electron chi connectivity index (χ2n) is 6.45. The molecule has 0 unspecified atom stereocenters. The molecule has 1 aromatic carbocycles. The molecule has 0 spiro atoms. The van der Waals surface area contributed by atoms with E-state index in [9.17, 15) is 5.11 Å². The van der Waals surface area contributed by atoms with Crippen molar-refractivity contribution < 1.29 is 5.11 Å². The summed E-state index contributed by atoms with van der Waals surface area (Å²) in [5.74, 6) is 1.20. The Hall–Kier alpha value is 0.980. The highest BCUT2D eigenvalue weighted by atomic mass is 127. The molecule has 2 N–H and O–H groups in total. The van der Waals surface area contributed by atoms with Gasteiger partial charge < -0.3 is 10.4 Å². The van der Waals surface area contributed by atoms with E-state index in [0.29, 0.717) is 17.7 Å². The highest BCUT2D eigenvalue weighted by molar-refractivity contribution is 14.1. The number of nitrogens with zero attached hydrogens (tertiary/aromatic N) is 1. The topological polar surface area (TPSA) is 35.5 Å². The van der Waals surface area contributed by atoms with Crippen molar-refractivity contribution in [1.29, 1.82) is 0 Å². The van der Waals surface area contributed by atoms with Gasteiger partial charge in [0.05, 0.1) is 3.57 Å². The van der Waals surface area contributed by atoms with E-state index in [0.717, 1.165) is 35.3 Å². The Kier molecular flexibility index (Phi) is 10.5. The molecule has 1 heterocycles. The molecule has 1 aliphatic carbocycles. The fourth-order valence-corrected chi connectivity index (χ4v) is 5.86. The Morgan fingerprint density at radius 2 is 1.67 bits per heavy atom. The molecule has 3 rings (SSSR count). The van der Waals surface area contributed by atoms with Crippen LogP contribution in [0.15, 0.2) is 12.1 Å². The number of aromatic hydroxyl groups is 1. The lowest BCUT2D eigenvalue weighted by Crippen LogP contribution is -2.47. The van der Waals surface area contributed by atoms with Crippen LogP contribution in [0.2, 0.25) is 0 Å². The third kappa shape index (κ3) is 5.49. The molecular weight excluding hydrogens is 573 g/mol. The van der Waals surface area contributed by atoms with E-state index >= 15 is 0 Å². The predicted octanol–water partition coefficient (Wildman–Crippen LogP) is 4.97. The Morgan fingerprint density at radius 1 is 1.04 bits per heavy atom. The maximum atomic E-state index is 10.7. The van der Waals surface area contributed by atoms with Gasteiger partial charge in [-0.2, -0.15) is 0 Å².